The quantitative estimate of drug-likeness (QED) is 0.235. The van der Waals surface area contributed by atoms with Crippen molar-refractivity contribution >= 4 is 33.6 Å². The average Bonchev–Trinajstić information content (AvgIpc) is 3.25. The van der Waals surface area contributed by atoms with Crippen LogP contribution in [0.25, 0.3) is 21.8 Å². The Hall–Kier alpha value is -2.93. The number of amides is 2. The van der Waals surface area contributed by atoms with Gasteiger partial charge >= 0.3 is 0 Å². The molecule has 0 aliphatic rings. The highest BCUT2D eigenvalue weighted by atomic mass is 16.6. The molecule has 7 nitrogen and oxygen atoms in total. The third kappa shape index (κ3) is 7.03. The van der Waals surface area contributed by atoms with E-state index < -0.39 is 5.41 Å². The van der Waals surface area contributed by atoms with Crippen molar-refractivity contribution in [2.45, 2.75) is 78.7 Å². The van der Waals surface area contributed by atoms with E-state index >= 15 is 0 Å². The number of H-pyrrole nitrogens is 1. The van der Waals surface area contributed by atoms with Crippen LogP contribution in [0, 0.1) is 5.41 Å². The van der Waals surface area contributed by atoms with Crippen LogP contribution < -0.4 is 10.8 Å². The number of carbonyl (C=O) groups is 2. The number of hydroxylamine groups is 1. The van der Waals surface area contributed by atoms with Crippen LogP contribution in [0.1, 0.15) is 84.5 Å². The van der Waals surface area contributed by atoms with Gasteiger partial charge in [0.2, 0.25) is 11.8 Å². The summed E-state index contributed by atoms with van der Waals surface area (Å²) in [4.78, 5) is 38.2. The summed E-state index contributed by atoms with van der Waals surface area (Å²) in [6.45, 7) is 8.35. The van der Waals surface area contributed by atoms with Crippen molar-refractivity contribution < 1.29 is 14.4 Å². The van der Waals surface area contributed by atoms with E-state index in [2.05, 4.69) is 40.9 Å². The Balaban J connectivity index is 1.63. The summed E-state index contributed by atoms with van der Waals surface area (Å²) < 4.78 is 0. The monoisotopic (exact) mass is 466 g/mol. The normalized spacial score (nSPS) is 12.7. The number of nitrogens with one attached hydrogen (secondary N) is 3. The highest BCUT2D eigenvalue weighted by molar-refractivity contribution is 6.04. The van der Waals surface area contributed by atoms with E-state index in [0.717, 1.165) is 66.2 Å². The summed E-state index contributed by atoms with van der Waals surface area (Å²) >= 11 is 0. The van der Waals surface area contributed by atoms with Gasteiger partial charge in [-0.25, -0.2) is 10.5 Å². The minimum absolute atomic E-state index is 0.00794. The van der Waals surface area contributed by atoms with Crippen LogP contribution in [0.2, 0.25) is 0 Å². The first kappa shape index (κ1) is 25.7. The summed E-state index contributed by atoms with van der Waals surface area (Å²) in [5.41, 5.74) is 3.89. The first-order chi connectivity index (χ1) is 16.3. The number of imidazole rings is 1. The van der Waals surface area contributed by atoms with E-state index in [4.69, 9.17) is 9.82 Å². The van der Waals surface area contributed by atoms with Gasteiger partial charge < -0.3 is 10.3 Å². The van der Waals surface area contributed by atoms with E-state index in [1.807, 2.05) is 39.0 Å². The van der Waals surface area contributed by atoms with Crippen LogP contribution in [0.5, 0.6) is 0 Å². The van der Waals surface area contributed by atoms with Gasteiger partial charge in [-0.2, -0.15) is 0 Å². The van der Waals surface area contributed by atoms with E-state index in [1.165, 1.54) is 0 Å². The van der Waals surface area contributed by atoms with Crippen LogP contribution in [0.4, 0.5) is 0 Å². The second-order valence-corrected chi connectivity index (χ2v) is 9.91. The van der Waals surface area contributed by atoms with Gasteiger partial charge in [-0.15, -0.1) is 0 Å². The number of fused-ring (bicyclic) bond motifs is 3. The van der Waals surface area contributed by atoms with Crippen molar-refractivity contribution in [2.75, 3.05) is 6.61 Å². The fraction of sp³-hybridized carbons (Fsp3) is 0.519. The lowest BCUT2D eigenvalue weighted by atomic mass is 9.94. The molecule has 1 atom stereocenters. The van der Waals surface area contributed by atoms with Crippen LogP contribution in [-0.4, -0.2) is 28.4 Å². The molecule has 7 heteroatoms. The van der Waals surface area contributed by atoms with Crippen molar-refractivity contribution in [1.29, 1.82) is 0 Å². The third-order valence-electron chi connectivity index (χ3n) is 5.89. The van der Waals surface area contributed by atoms with Crippen molar-refractivity contribution in [2.24, 2.45) is 5.41 Å². The smallest absolute Gasteiger partial charge is 0.243 e. The molecule has 0 saturated heterocycles. The molecule has 0 saturated carbocycles. The predicted molar refractivity (Wildman–Crippen MR) is 136 cm³/mol. The maximum atomic E-state index is 12.8. The molecular formula is C27H38N4O3. The molecule has 3 aromatic rings. The lowest BCUT2D eigenvalue weighted by Crippen LogP contribution is -2.37. The van der Waals surface area contributed by atoms with Gasteiger partial charge in [0.25, 0.3) is 0 Å². The van der Waals surface area contributed by atoms with Crippen molar-refractivity contribution in [3.8, 4) is 0 Å². The average molecular weight is 467 g/mol. The maximum absolute atomic E-state index is 12.8. The molecule has 3 N–H and O–H groups in total. The number of hydrogen-bond acceptors (Lipinski definition) is 4. The molecule has 0 fully saturated rings. The lowest BCUT2D eigenvalue weighted by molar-refractivity contribution is -0.133. The first-order valence-electron chi connectivity index (χ1n) is 12.4. The number of aromatic nitrogens is 2. The molecule has 184 valence electrons. The molecule has 0 aliphatic carbocycles. The molecule has 0 aliphatic heterocycles. The Kier molecular flexibility index (Phi) is 9.05. The molecule has 0 unspecified atom stereocenters. The van der Waals surface area contributed by atoms with Crippen LogP contribution in [0.15, 0.2) is 36.4 Å². The zero-order valence-electron chi connectivity index (χ0n) is 20.9. The number of aromatic amines is 1. The van der Waals surface area contributed by atoms with Crippen LogP contribution in [0.3, 0.4) is 0 Å². The van der Waals surface area contributed by atoms with Crippen LogP contribution >= 0.6 is 0 Å². The van der Waals surface area contributed by atoms with Crippen molar-refractivity contribution in [3.05, 3.63) is 42.2 Å². The van der Waals surface area contributed by atoms with E-state index in [0.29, 0.717) is 13.0 Å². The molecule has 2 amide bonds. The molecule has 1 heterocycles. The third-order valence-corrected chi connectivity index (χ3v) is 5.89. The molecule has 0 spiro atoms. The number of unbranched alkanes of at least 4 members (excludes halogenated alkanes) is 3. The molecular weight excluding hydrogens is 428 g/mol. The first-order valence-corrected chi connectivity index (χ1v) is 12.4. The standard InChI is InChI=1S/C27H38N4O3/c1-5-6-18-34-31-23(32)15-9-7-8-14-22(29-26(33)27(2,3)4)25-28-21-17-16-19-12-10-11-13-20(19)24(21)30-25/h10-13,16-17,22H,5-9,14-15,18H2,1-4H3,(H,28,30)(H,29,33)(H,31,32)/t22-/m0/s1. The van der Waals surface area contributed by atoms with Gasteiger partial charge in [-0.3, -0.25) is 14.4 Å². The topological polar surface area (TPSA) is 96.1 Å². The van der Waals surface area contributed by atoms with Gasteiger partial charge in [0.15, 0.2) is 0 Å². The Morgan fingerprint density at radius 2 is 1.85 bits per heavy atom. The van der Waals surface area contributed by atoms with Gasteiger partial charge in [0, 0.05) is 17.2 Å². The predicted octanol–water partition coefficient (Wildman–Crippen LogP) is 5.72. The second-order valence-electron chi connectivity index (χ2n) is 9.91. The Bertz CT molecular complexity index is 1100. The van der Waals surface area contributed by atoms with E-state index in [9.17, 15) is 9.59 Å². The number of hydrogen-bond donors (Lipinski definition) is 3. The Labute approximate surface area is 202 Å². The second kappa shape index (κ2) is 12.0. The molecule has 2 aromatic carbocycles. The van der Waals surface area contributed by atoms with E-state index in [-0.39, 0.29) is 17.9 Å². The minimum atomic E-state index is -0.493. The molecule has 3 rings (SSSR count). The van der Waals surface area contributed by atoms with Gasteiger partial charge in [0.05, 0.1) is 23.7 Å². The summed E-state index contributed by atoms with van der Waals surface area (Å²) in [6.07, 6.45) is 5.66. The highest BCUT2D eigenvalue weighted by Gasteiger charge is 2.26. The largest absolute Gasteiger partial charge is 0.346 e. The minimum Gasteiger partial charge on any atom is -0.346 e. The summed E-state index contributed by atoms with van der Waals surface area (Å²) in [6, 6.07) is 12.1. The van der Waals surface area contributed by atoms with Gasteiger partial charge in [0.1, 0.15) is 5.82 Å². The SMILES string of the molecule is CCCCONC(=O)CCCCC[C@H](NC(=O)C(C)(C)C)c1nc2c(ccc3ccccc32)[nH]1. The van der Waals surface area contributed by atoms with Crippen LogP contribution in [-0.2, 0) is 14.4 Å². The van der Waals surface area contributed by atoms with Gasteiger partial charge in [-0.1, -0.05) is 77.3 Å². The van der Waals surface area contributed by atoms with Gasteiger partial charge in [-0.05, 0) is 30.7 Å². The highest BCUT2D eigenvalue weighted by Crippen LogP contribution is 2.27. The maximum Gasteiger partial charge on any atom is 0.243 e. The number of rotatable bonds is 12. The molecule has 1 aromatic heterocycles. The summed E-state index contributed by atoms with van der Waals surface area (Å²) in [5.74, 6) is 0.676. The summed E-state index contributed by atoms with van der Waals surface area (Å²) in [7, 11) is 0. The lowest BCUT2D eigenvalue weighted by Gasteiger charge is -2.23. The van der Waals surface area contributed by atoms with E-state index in [1.54, 1.807) is 0 Å². The molecule has 0 radical (unpaired) electrons. The number of nitrogens with zero attached hydrogens (tertiary/aromatic N) is 1. The number of carbonyl (C=O) groups excluding carboxylic acids is 2. The fourth-order valence-electron chi connectivity index (χ4n) is 3.79. The van der Waals surface area contributed by atoms with Crippen molar-refractivity contribution in [3.63, 3.8) is 0 Å². The summed E-state index contributed by atoms with van der Waals surface area (Å²) in [5, 5.41) is 5.42. The molecule has 0 bridgehead atoms. The molecule has 34 heavy (non-hydrogen) atoms. The van der Waals surface area contributed by atoms with Crippen molar-refractivity contribution in [1.82, 2.24) is 20.8 Å². The number of benzene rings is 2. The zero-order chi connectivity index (χ0) is 24.6. The fourth-order valence-corrected chi connectivity index (χ4v) is 3.79. The Morgan fingerprint density at radius 1 is 1.06 bits per heavy atom. The zero-order valence-corrected chi connectivity index (χ0v) is 20.9. The Morgan fingerprint density at radius 3 is 2.62 bits per heavy atom.